The standard InChI is InChI=1S/C14H31NO2/c1-4-5-6-7-9-13(2)17-11-8-10-14(3,16)12-15/h13,16H,4-12,15H2,1-3H3. The van der Waals surface area contributed by atoms with Gasteiger partial charge in [0.25, 0.3) is 0 Å². The summed E-state index contributed by atoms with van der Waals surface area (Å²) in [6.45, 7) is 7.18. The van der Waals surface area contributed by atoms with E-state index in [2.05, 4.69) is 13.8 Å². The molecule has 0 aromatic carbocycles. The van der Waals surface area contributed by atoms with Crippen molar-refractivity contribution in [1.29, 1.82) is 0 Å². The summed E-state index contributed by atoms with van der Waals surface area (Å²) in [4.78, 5) is 0. The van der Waals surface area contributed by atoms with E-state index in [4.69, 9.17) is 10.5 Å². The first-order valence-corrected chi connectivity index (χ1v) is 7.06. The van der Waals surface area contributed by atoms with Crippen LogP contribution in [0, 0.1) is 0 Å². The Hall–Kier alpha value is -0.120. The van der Waals surface area contributed by atoms with Crippen LogP contribution >= 0.6 is 0 Å². The number of aliphatic hydroxyl groups is 1. The molecule has 17 heavy (non-hydrogen) atoms. The van der Waals surface area contributed by atoms with Gasteiger partial charge in [-0.15, -0.1) is 0 Å². The van der Waals surface area contributed by atoms with Gasteiger partial charge >= 0.3 is 0 Å². The van der Waals surface area contributed by atoms with E-state index in [0.717, 1.165) is 19.4 Å². The highest BCUT2D eigenvalue weighted by Gasteiger charge is 2.17. The Bertz CT molecular complexity index is 172. The molecule has 0 saturated carbocycles. The minimum Gasteiger partial charge on any atom is -0.389 e. The fourth-order valence-electron chi connectivity index (χ4n) is 1.78. The van der Waals surface area contributed by atoms with Gasteiger partial charge in [0, 0.05) is 13.2 Å². The second kappa shape index (κ2) is 9.86. The van der Waals surface area contributed by atoms with Crippen LogP contribution < -0.4 is 5.73 Å². The van der Waals surface area contributed by atoms with Gasteiger partial charge in [-0.25, -0.2) is 0 Å². The lowest BCUT2D eigenvalue weighted by Crippen LogP contribution is -2.34. The molecule has 0 bridgehead atoms. The van der Waals surface area contributed by atoms with Crippen LogP contribution in [0.5, 0.6) is 0 Å². The van der Waals surface area contributed by atoms with Crippen LogP contribution in [0.2, 0.25) is 0 Å². The van der Waals surface area contributed by atoms with Crippen molar-refractivity contribution in [2.45, 2.75) is 77.4 Å². The first-order valence-electron chi connectivity index (χ1n) is 7.06. The predicted molar refractivity (Wildman–Crippen MR) is 73.1 cm³/mol. The van der Waals surface area contributed by atoms with E-state index in [1.54, 1.807) is 6.92 Å². The Morgan fingerprint density at radius 2 is 1.94 bits per heavy atom. The smallest absolute Gasteiger partial charge is 0.0742 e. The molecule has 0 aromatic rings. The minimum atomic E-state index is -0.728. The molecule has 2 unspecified atom stereocenters. The van der Waals surface area contributed by atoms with Crippen LogP contribution in [-0.2, 0) is 4.74 Å². The van der Waals surface area contributed by atoms with Crippen molar-refractivity contribution >= 4 is 0 Å². The van der Waals surface area contributed by atoms with Crippen LogP contribution in [0.25, 0.3) is 0 Å². The monoisotopic (exact) mass is 245 g/mol. The Labute approximate surface area is 107 Å². The largest absolute Gasteiger partial charge is 0.389 e. The fourth-order valence-corrected chi connectivity index (χ4v) is 1.78. The predicted octanol–water partition coefficient (Wildman–Crippen LogP) is 2.85. The van der Waals surface area contributed by atoms with Crippen molar-refractivity contribution in [1.82, 2.24) is 0 Å². The van der Waals surface area contributed by atoms with E-state index in [-0.39, 0.29) is 0 Å². The Morgan fingerprint density at radius 3 is 2.53 bits per heavy atom. The topological polar surface area (TPSA) is 55.5 Å². The van der Waals surface area contributed by atoms with Crippen LogP contribution in [-0.4, -0.2) is 30.0 Å². The molecule has 3 N–H and O–H groups in total. The quantitative estimate of drug-likeness (QED) is 0.550. The third-order valence-corrected chi connectivity index (χ3v) is 3.17. The first kappa shape index (κ1) is 16.9. The summed E-state index contributed by atoms with van der Waals surface area (Å²) in [5, 5.41) is 9.71. The Balaban J connectivity index is 3.36. The lowest BCUT2D eigenvalue weighted by Gasteiger charge is -2.21. The number of hydrogen-bond acceptors (Lipinski definition) is 3. The maximum Gasteiger partial charge on any atom is 0.0742 e. The molecule has 0 aromatic heterocycles. The number of unbranched alkanes of at least 4 members (excludes halogenated alkanes) is 3. The second-order valence-corrected chi connectivity index (χ2v) is 5.34. The van der Waals surface area contributed by atoms with Crippen molar-refractivity contribution in [2.75, 3.05) is 13.2 Å². The Morgan fingerprint density at radius 1 is 1.24 bits per heavy atom. The molecule has 3 nitrogen and oxygen atoms in total. The van der Waals surface area contributed by atoms with Crippen molar-refractivity contribution in [3.8, 4) is 0 Å². The molecule has 2 atom stereocenters. The highest BCUT2D eigenvalue weighted by molar-refractivity contribution is 4.72. The average Bonchev–Trinajstić information content (AvgIpc) is 2.30. The van der Waals surface area contributed by atoms with Gasteiger partial charge in [-0.05, 0) is 33.1 Å². The molecule has 0 fully saturated rings. The Kier molecular flexibility index (Phi) is 9.79. The zero-order chi connectivity index (χ0) is 13.1. The second-order valence-electron chi connectivity index (χ2n) is 5.34. The molecule has 3 heteroatoms. The lowest BCUT2D eigenvalue weighted by atomic mass is 10.0. The molecule has 0 aliphatic rings. The summed E-state index contributed by atoms with van der Waals surface area (Å²) in [6, 6.07) is 0. The number of ether oxygens (including phenoxy) is 1. The van der Waals surface area contributed by atoms with Gasteiger partial charge in [-0.1, -0.05) is 32.6 Å². The van der Waals surface area contributed by atoms with Crippen molar-refractivity contribution in [2.24, 2.45) is 5.73 Å². The van der Waals surface area contributed by atoms with Gasteiger partial charge in [0.05, 0.1) is 11.7 Å². The van der Waals surface area contributed by atoms with Gasteiger partial charge in [0.1, 0.15) is 0 Å². The molecule has 104 valence electrons. The van der Waals surface area contributed by atoms with E-state index in [1.165, 1.54) is 25.7 Å². The summed E-state index contributed by atoms with van der Waals surface area (Å²) in [7, 11) is 0. The summed E-state index contributed by atoms with van der Waals surface area (Å²) in [5.41, 5.74) is 4.72. The third kappa shape index (κ3) is 10.7. The van der Waals surface area contributed by atoms with Crippen LogP contribution in [0.4, 0.5) is 0 Å². The molecule has 0 saturated heterocycles. The first-order chi connectivity index (χ1) is 8.02. The minimum absolute atomic E-state index is 0.319. The van der Waals surface area contributed by atoms with E-state index in [1.807, 2.05) is 0 Å². The van der Waals surface area contributed by atoms with Gasteiger partial charge < -0.3 is 15.6 Å². The molecular weight excluding hydrogens is 214 g/mol. The summed E-state index contributed by atoms with van der Waals surface area (Å²) < 4.78 is 5.71. The maximum atomic E-state index is 9.71. The molecule has 0 heterocycles. The van der Waals surface area contributed by atoms with Gasteiger partial charge in [0.2, 0.25) is 0 Å². The van der Waals surface area contributed by atoms with Gasteiger partial charge in [-0.2, -0.15) is 0 Å². The van der Waals surface area contributed by atoms with E-state index >= 15 is 0 Å². The summed E-state index contributed by atoms with van der Waals surface area (Å²) in [5.74, 6) is 0. The zero-order valence-corrected chi connectivity index (χ0v) is 11.9. The molecule has 0 aliphatic carbocycles. The van der Waals surface area contributed by atoms with E-state index in [0.29, 0.717) is 19.1 Å². The van der Waals surface area contributed by atoms with Crippen LogP contribution in [0.1, 0.15) is 65.7 Å². The average molecular weight is 245 g/mol. The number of hydrogen-bond donors (Lipinski definition) is 2. The normalized spacial score (nSPS) is 16.8. The lowest BCUT2D eigenvalue weighted by molar-refractivity contribution is 0.0235. The SMILES string of the molecule is CCCCCCC(C)OCCCC(C)(O)CN. The van der Waals surface area contributed by atoms with Crippen molar-refractivity contribution in [3.63, 3.8) is 0 Å². The molecule has 0 amide bonds. The maximum absolute atomic E-state index is 9.71. The number of nitrogens with two attached hydrogens (primary N) is 1. The number of rotatable bonds is 11. The third-order valence-electron chi connectivity index (χ3n) is 3.17. The van der Waals surface area contributed by atoms with Crippen molar-refractivity contribution in [3.05, 3.63) is 0 Å². The molecule has 0 rings (SSSR count). The summed E-state index contributed by atoms with van der Waals surface area (Å²) >= 11 is 0. The van der Waals surface area contributed by atoms with Crippen molar-refractivity contribution < 1.29 is 9.84 Å². The van der Waals surface area contributed by atoms with E-state index < -0.39 is 5.60 Å². The van der Waals surface area contributed by atoms with E-state index in [9.17, 15) is 5.11 Å². The highest BCUT2D eigenvalue weighted by atomic mass is 16.5. The zero-order valence-electron chi connectivity index (χ0n) is 11.9. The molecule has 0 aliphatic heterocycles. The fraction of sp³-hybridized carbons (Fsp3) is 1.00. The molecule has 0 spiro atoms. The summed E-state index contributed by atoms with van der Waals surface area (Å²) in [6.07, 6.45) is 8.26. The van der Waals surface area contributed by atoms with Gasteiger partial charge in [-0.3, -0.25) is 0 Å². The molecular formula is C14H31NO2. The van der Waals surface area contributed by atoms with Crippen LogP contribution in [0.15, 0.2) is 0 Å². The van der Waals surface area contributed by atoms with Crippen LogP contribution in [0.3, 0.4) is 0 Å². The highest BCUT2D eigenvalue weighted by Crippen LogP contribution is 2.12. The van der Waals surface area contributed by atoms with Gasteiger partial charge in [0.15, 0.2) is 0 Å². The molecule has 0 radical (unpaired) electrons.